The van der Waals surface area contributed by atoms with Gasteiger partial charge in [0.15, 0.2) is 0 Å². The average molecular weight is 211 g/mol. The maximum Gasteiger partial charge on any atom is 0.260 e. The van der Waals surface area contributed by atoms with Crippen molar-refractivity contribution < 1.29 is 4.52 Å². The number of piperazine rings is 1. The quantitative estimate of drug-likeness (QED) is 0.722. The molecule has 6 nitrogen and oxygen atoms in total. The fourth-order valence-corrected chi connectivity index (χ4v) is 1.69. The van der Waals surface area contributed by atoms with Gasteiger partial charge in [0.1, 0.15) is 0 Å². The van der Waals surface area contributed by atoms with E-state index in [-0.39, 0.29) is 5.95 Å². The lowest BCUT2D eigenvalue weighted by molar-refractivity contribution is 0.152. The zero-order chi connectivity index (χ0) is 10.7. The molecule has 0 radical (unpaired) electrons. The van der Waals surface area contributed by atoms with Gasteiger partial charge in [-0.2, -0.15) is 4.98 Å². The molecule has 0 amide bonds. The van der Waals surface area contributed by atoms with Crippen molar-refractivity contribution in [2.45, 2.75) is 6.42 Å². The summed E-state index contributed by atoms with van der Waals surface area (Å²) >= 11 is 0. The van der Waals surface area contributed by atoms with Crippen LogP contribution in [0.2, 0.25) is 0 Å². The van der Waals surface area contributed by atoms with Crippen molar-refractivity contribution in [3.05, 3.63) is 5.89 Å². The molecule has 1 saturated heterocycles. The molecule has 84 valence electrons. The van der Waals surface area contributed by atoms with E-state index in [1.807, 2.05) is 0 Å². The topological polar surface area (TPSA) is 71.4 Å². The smallest absolute Gasteiger partial charge is 0.260 e. The first-order valence-corrected chi connectivity index (χ1v) is 5.23. The molecule has 0 unspecified atom stereocenters. The minimum atomic E-state index is 0.225. The molecule has 2 N–H and O–H groups in total. The van der Waals surface area contributed by atoms with Crippen LogP contribution in [0.1, 0.15) is 5.89 Å². The Morgan fingerprint density at radius 1 is 1.33 bits per heavy atom. The van der Waals surface area contributed by atoms with E-state index >= 15 is 0 Å². The maximum absolute atomic E-state index is 5.37. The molecule has 2 heterocycles. The second kappa shape index (κ2) is 4.59. The average Bonchev–Trinajstić information content (AvgIpc) is 2.64. The zero-order valence-corrected chi connectivity index (χ0v) is 9.02. The highest BCUT2D eigenvalue weighted by molar-refractivity contribution is 5.10. The summed E-state index contributed by atoms with van der Waals surface area (Å²) in [5.74, 6) is 0.856. The molecule has 0 aliphatic carbocycles. The first-order valence-electron chi connectivity index (χ1n) is 5.23. The van der Waals surface area contributed by atoms with Crippen LogP contribution in [0, 0.1) is 0 Å². The van der Waals surface area contributed by atoms with E-state index in [1.165, 1.54) is 0 Å². The SMILES string of the molecule is CN1CCN(CCc2nc(N)no2)CC1. The van der Waals surface area contributed by atoms with Crippen LogP contribution in [-0.4, -0.2) is 59.7 Å². The van der Waals surface area contributed by atoms with E-state index in [2.05, 4.69) is 27.0 Å². The highest BCUT2D eigenvalue weighted by Crippen LogP contribution is 2.03. The van der Waals surface area contributed by atoms with Gasteiger partial charge in [0.05, 0.1) is 0 Å². The van der Waals surface area contributed by atoms with Crippen LogP contribution in [0.25, 0.3) is 0 Å². The second-order valence-electron chi connectivity index (χ2n) is 3.94. The van der Waals surface area contributed by atoms with Crippen molar-refractivity contribution in [1.29, 1.82) is 0 Å². The van der Waals surface area contributed by atoms with Crippen LogP contribution >= 0.6 is 0 Å². The number of rotatable bonds is 3. The minimum Gasteiger partial charge on any atom is -0.365 e. The molecule has 1 fully saturated rings. The highest BCUT2D eigenvalue weighted by atomic mass is 16.5. The Bertz CT molecular complexity index is 305. The number of nitrogens with two attached hydrogens (primary N) is 1. The molecule has 6 heteroatoms. The molecule has 0 saturated carbocycles. The Balaban J connectivity index is 1.74. The molecular weight excluding hydrogens is 194 g/mol. The van der Waals surface area contributed by atoms with Gasteiger partial charge in [-0.25, -0.2) is 0 Å². The predicted molar refractivity (Wildman–Crippen MR) is 56.4 cm³/mol. The van der Waals surface area contributed by atoms with Crippen molar-refractivity contribution in [1.82, 2.24) is 19.9 Å². The number of hydrogen-bond acceptors (Lipinski definition) is 6. The van der Waals surface area contributed by atoms with E-state index < -0.39 is 0 Å². The van der Waals surface area contributed by atoms with Gasteiger partial charge in [0, 0.05) is 39.1 Å². The minimum absolute atomic E-state index is 0.225. The molecule has 0 atom stereocenters. The standard InChI is InChI=1S/C9H17N5O/c1-13-4-6-14(7-5-13)3-2-8-11-9(10)12-15-8/h2-7H2,1H3,(H2,10,12). The van der Waals surface area contributed by atoms with Gasteiger partial charge in [0.25, 0.3) is 5.95 Å². The second-order valence-corrected chi connectivity index (χ2v) is 3.94. The van der Waals surface area contributed by atoms with Crippen LogP contribution in [0.4, 0.5) is 5.95 Å². The number of nitrogens with zero attached hydrogens (tertiary/aromatic N) is 4. The summed E-state index contributed by atoms with van der Waals surface area (Å²) in [5, 5.41) is 3.56. The van der Waals surface area contributed by atoms with Crippen molar-refractivity contribution in [2.75, 3.05) is 45.5 Å². The van der Waals surface area contributed by atoms with Crippen molar-refractivity contribution in [3.63, 3.8) is 0 Å². The van der Waals surface area contributed by atoms with Crippen molar-refractivity contribution >= 4 is 5.95 Å². The van der Waals surface area contributed by atoms with E-state index in [9.17, 15) is 0 Å². The largest absolute Gasteiger partial charge is 0.365 e. The fourth-order valence-electron chi connectivity index (χ4n) is 1.69. The molecule has 0 spiro atoms. The summed E-state index contributed by atoms with van der Waals surface area (Å²) in [7, 11) is 2.15. The van der Waals surface area contributed by atoms with Gasteiger partial charge in [0.2, 0.25) is 5.89 Å². The van der Waals surface area contributed by atoms with E-state index in [0.717, 1.165) is 39.1 Å². The summed E-state index contributed by atoms with van der Waals surface area (Å²) in [6.07, 6.45) is 0.786. The number of aromatic nitrogens is 2. The number of nitrogen functional groups attached to an aromatic ring is 1. The Morgan fingerprint density at radius 3 is 2.67 bits per heavy atom. The maximum atomic E-state index is 5.37. The number of likely N-dealkylation sites (N-methyl/N-ethyl adjacent to an activating group) is 1. The van der Waals surface area contributed by atoms with Gasteiger partial charge in [-0.1, -0.05) is 0 Å². The van der Waals surface area contributed by atoms with E-state index in [1.54, 1.807) is 0 Å². The van der Waals surface area contributed by atoms with Crippen LogP contribution in [0.15, 0.2) is 4.52 Å². The third-order valence-electron chi connectivity index (χ3n) is 2.72. The lowest BCUT2D eigenvalue weighted by Gasteiger charge is -2.31. The highest BCUT2D eigenvalue weighted by Gasteiger charge is 2.14. The van der Waals surface area contributed by atoms with Crippen LogP contribution in [-0.2, 0) is 6.42 Å². The Hall–Kier alpha value is -1.14. The zero-order valence-electron chi connectivity index (χ0n) is 9.02. The number of hydrogen-bond donors (Lipinski definition) is 1. The van der Waals surface area contributed by atoms with E-state index in [4.69, 9.17) is 10.3 Å². The Labute approximate surface area is 89.0 Å². The Kier molecular flexibility index (Phi) is 3.17. The van der Waals surface area contributed by atoms with Crippen LogP contribution < -0.4 is 5.73 Å². The van der Waals surface area contributed by atoms with Crippen LogP contribution in [0.5, 0.6) is 0 Å². The third-order valence-corrected chi connectivity index (χ3v) is 2.72. The summed E-state index contributed by atoms with van der Waals surface area (Å²) in [5.41, 5.74) is 5.37. The third kappa shape index (κ3) is 2.90. The molecule has 15 heavy (non-hydrogen) atoms. The molecule has 1 aliphatic rings. The molecule has 0 aromatic carbocycles. The summed E-state index contributed by atoms with van der Waals surface area (Å²) in [6.45, 7) is 5.45. The first kappa shape index (κ1) is 10.4. The first-order chi connectivity index (χ1) is 7.24. The molecule has 0 bridgehead atoms. The summed E-state index contributed by atoms with van der Waals surface area (Å²) in [4.78, 5) is 8.71. The predicted octanol–water partition coefficient (Wildman–Crippen LogP) is -0.558. The molecule has 1 aromatic heterocycles. The van der Waals surface area contributed by atoms with Gasteiger partial charge in [-0.15, -0.1) is 0 Å². The monoisotopic (exact) mass is 211 g/mol. The van der Waals surface area contributed by atoms with Gasteiger partial charge < -0.3 is 20.1 Å². The normalized spacial score (nSPS) is 19.5. The van der Waals surface area contributed by atoms with Crippen LogP contribution in [0.3, 0.4) is 0 Å². The molecule has 1 aliphatic heterocycles. The Morgan fingerprint density at radius 2 is 2.07 bits per heavy atom. The lowest BCUT2D eigenvalue weighted by atomic mass is 10.3. The molecule has 2 rings (SSSR count). The van der Waals surface area contributed by atoms with Crippen molar-refractivity contribution in [3.8, 4) is 0 Å². The van der Waals surface area contributed by atoms with Gasteiger partial charge >= 0.3 is 0 Å². The molecular formula is C9H17N5O. The molecule has 1 aromatic rings. The fraction of sp³-hybridized carbons (Fsp3) is 0.778. The summed E-state index contributed by atoms with van der Waals surface area (Å²) < 4.78 is 4.95. The van der Waals surface area contributed by atoms with Gasteiger partial charge in [-0.05, 0) is 12.2 Å². The lowest BCUT2D eigenvalue weighted by Crippen LogP contribution is -2.45. The van der Waals surface area contributed by atoms with E-state index in [0.29, 0.717) is 5.89 Å². The van der Waals surface area contributed by atoms with Gasteiger partial charge in [-0.3, -0.25) is 0 Å². The van der Waals surface area contributed by atoms with Crippen molar-refractivity contribution in [2.24, 2.45) is 0 Å². The summed E-state index contributed by atoms with van der Waals surface area (Å²) in [6, 6.07) is 0. The number of anilines is 1.